The van der Waals surface area contributed by atoms with Crippen LogP contribution in [-0.4, -0.2) is 15.6 Å². The Labute approximate surface area is 106 Å². The third-order valence-corrected chi connectivity index (χ3v) is 2.65. The maximum Gasteiger partial charge on any atom is 0.272 e. The van der Waals surface area contributed by atoms with Gasteiger partial charge in [-0.25, -0.2) is 0 Å². The highest BCUT2D eigenvalue weighted by molar-refractivity contribution is 6.03. The molecule has 4 heteroatoms. The molecule has 0 fully saturated rings. The molecule has 2 aromatic rings. The summed E-state index contributed by atoms with van der Waals surface area (Å²) in [6.07, 6.45) is 2.88. The summed E-state index contributed by atoms with van der Waals surface area (Å²) in [4.78, 5) is 12.1. The smallest absolute Gasteiger partial charge is 0.272 e. The molecule has 4 nitrogen and oxygen atoms in total. The highest BCUT2D eigenvalue weighted by Crippen LogP contribution is 2.15. The molecule has 0 aliphatic heterocycles. The van der Waals surface area contributed by atoms with E-state index in [1.54, 1.807) is 30.3 Å². The van der Waals surface area contributed by atoms with Crippen molar-refractivity contribution >= 4 is 11.6 Å². The normalized spacial score (nSPS) is 10.3. The standard InChI is InChI=1S/C14H16N2O2/c1-2-9-16-10-3-4-13(16)14(18)15-11-5-7-12(17)8-6-11/h3-8,10,17H,2,9H2,1H3,(H,15,18). The van der Waals surface area contributed by atoms with Crippen LogP contribution in [0, 0.1) is 0 Å². The lowest BCUT2D eigenvalue weighted by Gasteiger charge is -2.08. The molecule has 18 heavy (non-hydrogen) atoms. The number of benzene rings is 1. The molecule has 0 radical (unpaired) electrons. The number of hydrogen-bond acceptors (Lipinski definition) is 2. The van der Waals surface area contributed by atoms with Gasteiger partial charge in [-0.3, -0.25) is 4.79 Å². The average molecular weight is 244 g/mol. The van der Waals surface area contributed by atoms with Crippen molar-refractivity contribution in [2.24, 2.45) is 0 Å². The average Bonchev–Trinajstić information content (AvgIpc) is 2.81. The second-order valence-corrected chi connectivity index (χ2v) is 4.09. The van der Waals surface area contributed by atoms with Crippen LogP contribution in [0.15, 0.2) is 42.6 Å². The van der Waals surface area contributed by atoms with Gasteiger partial charge in [-0.15, -0.1) is 0 Å². The molecule has 0 aliphatic carbocycles. The van der Waals surface area contributed by atoms with E-state index in [2.05, 4.69) is 12.2 Å². The van der Waals surface area contributed by atoms with Gasteiger partial charge >= 0.3 is 0 Å². The van der Waals surface area contributed by atoms with Crippen LogP contribution in [-0.2, 0) is 6.54 Å². The zero-order valence-corrected chi connectivity index (χ0v) is 10.3. The van der Waals surface area contributed by atoms with Gasteiger partial charge < -0.3 is 15.0 Å². The highest BCUT2D eigenvalue weighted by Gasteiger charge is 2.10. The van der Waals surface area contributed by atoms with Crippen LogP contribution in [0.4, 0.5) is 5.69 Å². The Kier molecular flexibility index (Phi) is 3.67. The summed E-state index contributed by atoms with van der Waals surface area (Å²) < 4.78 is 1.93. The quantitative estimate of drug-likeness (QED) is 0.812. The first-order valence-electron chi connectivity index (χ1n) is 5.96. The van der Waals surface area contributed by atoms with Crippen LogP contribution in [0.3, 0.4) is 0 Å². The first kappa shape index (κ1) is 12.2. The number of carbonyl (C=O) groups excluding carboxylic acids is 1. The first-order chi connectivity index (χ1) is 8.70. The minimum Gasteiger partial charge on any atom is -0.508 e. The van der Waals surface area contributed by atoms with Gasteiger partial charge in [0, 0.05) is 18.4 Å². The Morgan fingerprint density at radius 1 is 1.28 bits per heavy atom. The molecule has 0 spiro atoms. The summed E-state index contributed by atoms with van der Waals surface area (Å²) >= 11 is 0. The number of amides is 1. The fourth-order valence-corrected chi connectivity index (χ4v) is 1.80. The van der Waals surface area contributed by atoms with Crippen LogP contribution in [0.1, 0.15) is 23.8 Å². The molecule has 2 N–H and O–H groups in total. The third-order valence-electron chi connectivity index (χ3n) is 2.65. The largest absolute Gasteiger partial charge is 0.508 e. The maximum atomic E-state index is 12.1. The summed E-state index contributed by atoms with van der Waals surface area (Å²) in [5.41, 5.74) is 1.31. The fourth-order valence-electron chi connectivity index (χ4n) is 1.80. The van der Waals surface area contributed by atoms with Crippen molar-refractivity contribution in [1.29, 1.82) is 0 Å². The molecule has 0 atom stereocenters. The summed E-state index contributed by atoms with van der Waals surface area (Å²) in [7, 11) is 0. The second-order valence-electron chi connectivity index (χ2n) is 4.09. The van der Waals surface area contributed by atoms with E-state index in [1.807, 2.05) is 16.8 Å². The SMILES string of the molecule is CCCn1cccc1C(=O)Nc1ccc(O)cc1. The van der Waals surface area contributed by atoms with Gasteiger partial charge in [0.1, 0.15) is 11.4 Å². The monoisotopic (exact) mass is 244 g/mol. The highest BCUT2D eigenvalue weighted by atomic mass is 16.3. The van der Waals surface area contributed by atoms with E-state index in [4.69, 9.17) is 0 Å². The van der Waals surface area contributed by atoms with Crippen molar-refractivity contribution < 1.29 is 9.90 Å². The molecule has 0 saturated heterocycles. The van der Waals surface area contributed by atoms with Gasteiger partial charge in [-0.2, -0.15) is 0 Å². The van der Waals surface area contributed by atoms with Crippen LogP contribution in [0.25, 0.3) is 0 Å². The molecule has 0 bridgehead atoms. The zero-order valence-electron chi connectivity index (χ0n) is 10.3. The van der Waals surface area contributed by atoms with Crippen molar-refractivity contribution in [3.63, 3.8) is 0 Å². The molecule has 1 amide bonds. The third kappa shape index (κ3) is 2.71. The summed E-state index contributed by atoms with van der Waals surface area (Å²) in [6, 6.07) is 10.1. The molecular formula is C14H16N2O2. The molecule has 94 valence electrons. The van der Waals surface area contributed by atoms with Crippen molar-refractivity contribution in [3.8, 4) is 5.75 Å². The number of aromatic nitrogens is 1. The Hall–Kier alpha value is -2.23. The first-order valence-corrected chi connectivity index (χ1v) is 5.96. The predicted octanol–water partition coefficient (Wildman–Crippen LogP) is 2.86. The summed E-state index contributed by atoms with van der Waals surface area (Å²) in [6.45, 7) is 2.90. The van der Waals surface area contributed by atoms with Gasteiger partial charge in [-0.1, -0.05) is 6.92 Å². The van der Waals surface area contributed by atoms with E-state index in [0.29, 0.717) is 11.4 Å². The number of phenols is 1. The summed E-state index contributed by atoms with van der Waals surface area (Å²) in [5, 5.41) is 12.0. The van der Waals surface area contributed by atoms with Gasteiger partial charge in [0.05, 0.1) is 0 Å². The number of nitrogens with one attached hydrogen (secondary N) is 1. The molecule has 1 aromatic heterocycles. The van der Waals surface area contributed by atoms with Crippen LogP contribution in [0.5, 0.6) is 5.75 Å². The molecule has 1 aromatic carbocycles. The minimum atomic E-state index is -0.140. The number of aryl methyl sites for hydroxylation is 1. The molecule has 2 rings (SSSR count). The van der Waals surface area contributed by atoms with Crippen LogP contribution < -0.4 is 5.32 Å². The van der Waals surface area contributed by atoms with Crippen molar-refractivity contribution in [3.05, 3.63) is 48.3 Å². The minimum absolute atomic E-state index is 0.140. The van der Waals surface area contributed by atoms with Gasteiger partial charge in [-0.05, 0) is 42.8 Å². The topological polar surface area (TPSA) is 54.3 Å². The van der Waals surface area contributed by atoms with E-state index < -0.39 is 0 Å². The second kappa shape index (κ2) is 5.40. The number of nitrogens with zero attached hydrogens (tertiary/aromatic N) is 1. The van der Waals surface area contributed by atoms with Gasteiger partial charge in [0.2, 0.25) is 0 Å². The van der Waals surface area contributed by atoms with Crippen molar-refractivity contribution in [2.45, 2.75) is 19.9 Å². The Bertz CT molecular complexity index is 529. The zero-order chi connectivity index (χ0) is 13.0. The molecule has 0 unspecified atom stereocenters. The lowest BCUT2D eigenvalue weighted by Crippen LogP contribution is -2.16. The Morgan fingerprint density at radius 3 is 2.67 bits per heavy atom. The van der Waals surface area contributed by atoms with E-state index in [9.17, 15) is 9.90 Å². The van der Waals surface area contributed by atoms with Crippen molar-refractivity contribution in [2.75, 3.05) is 5.32 Å². The van der Waals surface area contributed by atoms with Crippen LogP contribution >= 0.6 is 0 Å². The van der Waals surface area contributed by atoms with Gasteiger partial charge in [0.25, 0.3) is 5.91 Å². The van der Waals surface area contributed by atoms with E-state index >= 15 is 0 Å². The number of hydrogen-bond donors (Lipinski definition) is 2. The molecular weight excluding hydrogens is 228 g/mol. The summed E-state index contributed by atoms with van der Waals surface area (Å²) in [5.74, 6) is 0.0431. The molecule has 1 heterocycles. The number of rotatable bonds is 4. The van der Waals surface area contributed by atoms with E-state index in [-0.39, 0.29) is 11.7 Å². The molecule has 0 aliphatic rings. The van der Waals surface area contributed by atoms with Crippen molar-refractivity contribution in [1.82, 2.24) is 4.57 Å². The number of phenolic OH excluding ortho intramolecular Hbond substituents is 1. The van der Waals surface area contributed by atoms with Gasteiger partial charge in [0.15, 0.2) is 0 Å². The Morgan fingerprint density at radius 2 is 2.00 bits per heavy atom. The van der Waals surface area contributed by atoms with E-state index in [1.165, 1.54) is 0 Å². The molecule has 0 saturated carbocycles. The van der Waals surface area contributed by atoms with Crippen LogP contribution in [0.2, 0.25) is 0 Å². The fraction of sp³-hybridized carbons (Fsp3) is 0.214. The number of carbonyl (C=O) groups is 1. The lowest BCUT2D eigenvalue weighted by molar-refractivity contribution is 0.101. The number of anilines is 1. The Balaban J connectivity index is 2.11. The lowest BCUT2D eigenvalue weighted by atomic mass is 10.3. The predicted molar refractivity (Wildman–Crippen MR) is 70.8 cm³/mol. The van der Waals surface area contributed by atoms with E-state index in [0.717, 1.165) is 13.0 Å². The number of aromatic hydroxyl groups is 1. The maximum absolute atomic E-state index is 12.1.